The van der Waals surface area contributed by atoms with Crippen molar-refractivity contribution in [2.45, 2.75) is 37.8 Å². The number of benzene rings is 1. The van der Waals surface area contributed by atoms with Gasteiger partial charge in [0.2, 0.25) is 0 Å². The van der Waals surface area contributed by atoms with Crippen LogP contribution in [0.2, 0.25) is 0 Å². The molecule has 0 bridgehead atoms. The zero-order chi connectivity index (χ0) is 14.8. The molecular formula is C14H17FN2O3. The molecule has 0 spiro atoms. The molecule has 1 atom stereocenters. The molecular weight excluding hydrogens is 263 g/mol. The lowest BCUT2D eigenvalue weighted by Gasteiger charge is -2.38. The van der Waals surface area contributed by atoms with Crippen LogP contribution >= 0.6 is 0 Å². The molecule has 0 radical (unpaired) electrons. The minimum absolute atomic E-state index is 0.332. The van der Waals surface area contributed by atoms with E-state index in [1.807, 2.05) is 0 Å². The van der Waals surface area contributed by atoms with Gasteiger partial charge in [0, 0.05) is 0 Å². The number of aliphatic carboxylic acids is 1. The van der Waals surface area contributed by atoms with Crippen molar-refractivity contribution < 1.29 is 19.1 Å². The maximum atomic E-state index is 12.8. The number of hydrogen-bond donors (Lipinski definition) is 3. The van der Waals surface area contributed by atoms with Crippen molar-refractivity contribution in [2.24, 2.45) is 0 Å². The molecule has 1 aliphatic rings. The first kappa shape index (κ1) is 14.3. The van der Waals surface area contributed by atoms with E-state index in [0.29, 0.717) is 12.8 Å². The van der Waals surface area contributed by atoms with Crippen LogP contribution in [0, 0.1) is 5.82 Å². The highest BCUT2D eigenvalue weighted by atomic mass is 19.1. The Balaban J connectivity index is 1.94. The number of carboxylic acids is 1. The van der Waals surface area contributed by atoms with E-state index in [1.165, 1.54) is 12.1 Å². The van der Waals surface area contributed by atoms with Gasteiger partial charge in [0.05, 0.1) is 6.04 Å². The Hall–Kier alpha value is -2.11. The average molecular weight is 280 g/mol. The first-order valence-corrected chi connectivity index (χ1v) is 6.50. The first-order chi connectivity index (χ1) is 9.43. The fraction of sp³-hybridized carbons (Fsp3) is 0.429. The highest BCUT2D eigenvalue weighted by Gasteiger charge is 2.45. The van der Waals surface area contributed by atoms with E-state index in [0.717, 1.165) is 12.0 Å². The topological polar surface area (TPSA) is 78.4 Å². The van der Waals surface area contributed by atoms with Crippen LogP contribution in [0.4, 0.5) is 9.18 Å². The standard InChI is InChI=1S/C14H17FN2O3/c1-9(10-3-5-11(15)6-4-10)16-13(20)17-14(12(18)19)7-2-8-14/h3-6,9H,2,7-8H2,1H3,(H,18,19)(H2,16,17,20). The number of urea groups is 1. The summed E-state index contributed by atoms with van der Waals surface area (Å²) in [5.41, 5.74) is -0.383. The van der Waals surface area contributed by atoms with Crippen LogP contribution < -0.4 is 10.6 Å². The molecule has 0 aliphatic heterocycles. The monoisotopic (exact) mass is 280 g/mol. The van der Waals surface area contributed by atoms with Crippen molar-refractivity contribution in [1.82, 2.24) is 10.6 Å². The van der Waals surface area contributed by atoms with Gasteiger partial charge < -0.3 is 15.7 Å². The molecule has 0 saturated heterocycles. The molecule has 20 heavy (non-hydrogen) atoms. The molecule has 108 valence electrons. The van der Waals surface area contributed by atoms with Gasteiger partial charge in [-0.05, 0) is 43.9 Å². The maximum Gasteiger partial charge on any atom is 0.329 e. The number of amides is 2. The van der Waals surface area contributed by atoms with Gasteiger partial charge in [-0.2, -0.15) is 0 Å². The van der Waals surface area contributed by atoms with Gasteiger partial charge in [-0.1, -0.05) is 12.1 Å². The molecule has 1 unspecified atom stereocenters. The summed E-state index contributed by atoms with van der Waals surface area (Å²) in [7, 11) is 0. The van der Waals surface area contributed by atoms with Crippen LogP contribution in [0.25, 0.3) is 0 Å². The van der Waals surface area contributed by atoms with Gasteiger partial charge in [-0.15, -0.1) is 0 Å². The summed E-state index contributed by atoms with van der Waals surface area (Å²) >= 11 is 0. The number of nitrogens with one attached hydrogen (secondary N) is 2. The molecule has 1 aromatic rings. The minimum Gasteiger partial charge on any atom is -0.480 e. The summed E-state index contributed by atoms with van der Waals surface area (Å²) in [5.74, 6) is -1.35. The predicted octanol–water partition coefficient (Wildman–Crippen LogP) is 2.19. The van der Waals surface area contributed by atoms with Gasteiger partial charge >= 0.3 is 12.0 Å². The Bertz CT molecular complexity index is 512. The second-order valence-electron chi connectivity index (χ2n) is 5.11. The van der Waals surface area contributed by atoms with E-state index in [1.54, 1.807) is 19.1 Å². The predicted molar refractivity (Wildman–Crippen MR) is 70.7 cm³/mol. The minimum atomic E-state index is -1.13. The number of carboxylic acid groups (broad SMARTS) is 1. The van der Waals surface area contributed by atoms with E-state index in [2.05, 4.69) is 10.6 Å². The number of rotatable bonds is 4. The number of hydrogen-bond acceptors (Lipinski definition) is 2. The summed E-state index contributed by atoms with van der Waals surface area (Å²) in [6.07, 6.45) is 1.68. The zero-order valence-corrected chi connectivity index (χ0v) is 11.1. The quantitative estimate of drug-likeness (QED) is 0.791. The smallest absolute Gasteiger partial charge is 0.329 e. The largest absolute Gasteiger partial charge is 0.480 e. The molecule has 0 heterocycles. The molecule has 1 fully saturated rings. The third-order valence-electron chi connectivity index (χ3n) is 3.69. The van der Waals surface area contributed by atoms with E-state index >= 15 is 0 Å². The van der Waals surface area contributed by atoms with Crippen molar-refractivity contribution in [3.63, 3.8) is 0 Å². The second kappa shape index (κ2) is 5.48. The normalized spacial score (nSPS) is 17.7. The van der Waals surface area contributed by atoms with Crippen LogP contribution in [0.3, 0.4) is 0 Å². The van der Waals surface area contributed by atoms with Gasteiger partial charge in [0.1, 0.15) is 11.4 Å². The molecule has 1 aromatic carbocycles. The first-order valence-electron chi connectivity index (χ1n) is 6.50. The van der Waals surface area contributed by atoms with Crippen molar-refractivity contribution in [3.8, 4) is 0 Å². The van der Waals surface area contributed by atoms with Gasteiger partial charge in [-0.25, -0.2) is 14.0 Å². The van der Waals surface area contributed by atoms with Crippen LogP contribution in [0.1, 0.15) is 37.8 Å². The zero-order valence-electron chi connectivity index (χ0n) is 11.1. The van der Waals surface area contributed by atoms with Crippen molar-refractivity contribution in [1.29, 1.82) is 0 Å². The SMILES string of the molecule is CC(NC(=O)NC1(C(=O)O)CCC1)c1ccc(F)cc1. The molecule has 2 amide bonds. The summed E-state index contributed by atoms with van der Waals surface area (Å²) in [5, 5.41) is 14.3. The second-order valence-corrected chi connectivity index (χ2v) is 5.11. The fourth-order valence-corrected chi connectivity index (χ4v) is 2.21. The lowest BCUT2D eigenvalue weighted by molar-refractivity contribution is -0.148. The lowest BCUT2D eigenvalue weighted by atomic mass is 9.77. The fourth-order valence-electron chi connectivity index (χ4n) is 2.21. The average Bonchev–Trinajstić information content (AvgIpc) is 2.34. The lowest BCUT2D eigenvalue weighted by Crippen LogP contribution is -2.61. The molecule has 3 N–H and O–H groups in total. The molecule has 2 rings (SSSR count). The van der Waals surface area contributed by atoms with E-state index < -0.39 is 17.5 Å². The Morgan fingerprint density at radius 3 is 2.35 bits per heavy atom. The van der Waals surface area contributed by atoms with Gasteiger partial charge in [0.15, 0.2) is 0 Å². The Morgan fingerprint density at radius 2 is 1.90 bits per heavy atom. The Kier molecular flexibility index (Phi) is 3.92. The highest BCUT2D eigenvalue weighted by Crippen LogP contribution is 2.32. The molecule has 6 heteroatoms. The summed E-state index contributed by atoms with van der Waals surface area (Å²) in [6, 6.07) is 4.93. The van der Waals surface area contributed by atoms with E-state index in [4.69, 9.17) is 5.11 Å². The molecule has 1 saturated carbocycles. The van der Waals surface area contributed by atoms with Crippen molar-refractivity contribution >= 4 is 12.0 Å². The third-order valence-corrected chi connectivity index (χ3v) is 3.69. The van der Waals surface area contributed by atoms with Crippen molar-refractivity contribution in [3.05, 3.63) is 35.6 Å². The molecule has 5 nitrogen and oxygen atoms in total. The third kappa shape index (κ3) is 2.89. The van der Waals surface area contributed by atoms with E-state index in [-0.39, 0.29) is 11.9 Å². The Morgan fingerprint density at radius 1 is 1.30 bits per heavy atom. The number of carbonyl (C=O) groups is 2. The van der Waals surface area contributed by atoms with Gasteiger partial charge in [-0.3, -0.25) is 0 Å². The number of halogens is 1. The summed E-state index contributed by atoms with van der Waals surface area (Å²) in [6.45, 7) is 1.75. The summed E-state index contributed by atoms with van der Waals surface area (Å²) in [4.78, 5) is 23.0. The van der Waals surface area contributed by atoms with Crippen LogP contribution in [-0.2, 0) is 4.79 Å². The molecule has 1 aliphatic carbocycles. The number of carbonyl (C=O) groups excluding carboxylic acids is 1. The molecule has 0 aromatic heterocycles. The maximum absolute atomic E-state index is 12.8. The van der Waals surface area contributed by atoms with Crippen molar-refractivity contribution in [2.75, 3.05) is 0 Å². The van der Waals surface area contributed by atoms with Crippen LogP contribution in [0.15, 0.2) is 24.3 Å². The van der Waals surface area contributed by atoms with Gasteiger partial charge in [0.25, 0.3) is 0 Å². The van der Waals surface area contributed by atoms with Crippen LogP contribution in [0.5, 0.6) is 0 Å². The Labute approximate surface area is 116 Å². The van der Waals surface area contributed by atoms with Crippen LogP contribution in [-0.4, -0.2) is 22.6 Å². The van der Waals surface area contributed by atoms with E-state index in [9.17, 15) is 14.0 Å². The highest BCUT2D eigenvalue weighted by molar-refractivity contribution is 5.87. The summed E-state index contributed by atoms with van der Waals surface area (Å²) < 4.78 is 12.8.